The fourth-order valence-electron chi connectivity index (χ4n) is 0.948. The predicted octanol–water partition coefficient (Wildman–Crippen LogP) is 3.52. The van der Waals surface area contributed by atoms with E-state index >= 15 is 0 Å². The van der Waals surface area contributed by atoms with Crippen LogP contribution in [0.3, 0.4) is 0 Å². The summed E-state index contributed by atoms with van der Waals surface area (Å²) in [4.78, 5) is 0. The quantitative estimate of drug-likeness (QED) is 0.681. The van der Waals surface area contributed by atoms with Gasteiger partial charge in [0.2, 0.25) is 0 Å². The fourth-order valence-corrected chi connectivity index (χ4v) is 0.948. The van der Waals surface area contributed by atoms with Gasteiger partial charge in [0.25, 0.3) is 0 Å². The molecule has 0 spiro atoms. The van der Waals surface area contributed by atoms with E-state index in [1.807, 2.05) is 13.8 Å². The highest BCUT2D eigenvalue weighted by Gasteiger charge is 1.97. The number of nitrogens with zero attached hydrogens (tertiary/aromatic N) is 1. The maximum atomic E-state index is 5.34. The van der Waals surface area contributed by atoms with Gasteiger partial charge < -0.3 is 9.26 Å². The minimum atomic E-state index is 0.721. The SMILES string of the molecule is CC.CC(C)CCCOc1cnoc1. The summed E-state index contributed by atoms with van der Waals surface area (Å²) in [5.74, 6) is 1.47. The second-order valence-corrected chi connectivity index (χ2v) is 3.24. The second kappa shape index (κ2) is 8.60. The molecule has 0 N–H and O–H groups in total. The van der Waals surface area contributed by atoms with E-state index in [9.17, 15) is 0 Å². The van der Waals surface area contributed by atoms with E-state index < -0.39 is 0 Å². The Morgan fingerprint density at radius 1 is 1.43 bits per heavy atom. The van der Waals surface area contributed by atoms with Crippen molar-refractivity contribution in [2.75, 3.05) is 6.61 Å². The maximum Gasteiger partial charge on any atom is 0.178 e. The Kier molecular flexibility index (Phi) is 7.99. The molecule has 0 unspecified atom stereocenters. The van der Waals surface area contributed by atoms with Crippen molar-refractivity contribution < 1.29 is 9.26 Å². The molecule has 1 rings (SSSR count). The van der Waals surface area contributed by atoms with E-state index in [0.29, 0.717) is 0 Å². The molecule has 14 heavy (non-hydrogen) atoms. The third-order valence-corrected chi connectivity index (χ3v) is 1.60. The van der Waals surface area contributed by atoms with Gasteiger partial charge in [-0.15, -0.1) is 0 Å². The van der Waals surface area contributed by atoms with E-state index in [4.69, 9.17) is 4.74 Å². The number of hydrogen-bond acceptors (Lipinski definition) is 3. The van der Waals surface area contributed by atoms with Crippen molar-refractivity contribution in [2.24, 2.45) is 5.92 Å². The largest absolute Gasteiger partial charge is 0.489 e. The van der Waals surface area contributed by atoms with Crippen LogP contribution in [0.25, 0.3) is 0 Å². The van der Waals surface area contributed by atoms with Gasteiger partial charge in [0.15, 0.2) is 12.0 Å². The van der Waals surface area contributed by atoms with Crippen LogP contribution >= 0.6 is 0 Å². The predicted molar refractivity (Wildman–Crippen MR) is 57.4 cm³/mol. The average Bonchev–Trinajstić information content (AvgIpc) is 2.68. The number of ether oxygens (including phenoxy) is 1. The molecule has 0 atom stereocenters. The van der Waals surface area contributed by atoms with Crippen LogP contribution in [-0.2, 0) is 0 Å². The van der Waals surface area contributed by atoms with E-state index in [1.165, 1.54) is 12.7 Å². The second-order valence-electron chi connectivity index (χ2n) is 3.24. The molecule has 0 aliphatic rings. The van der Waals surface area contributed by atoms with Gasteiger partial charge in [0, 0.05) is 0 Å². The molecule has 1 aromatic rings. The van der Waals surface area contributed by atoms with Gasteiger partial charge in [-0.05, 0) is 18.8 Å². The van der Waals surface area contributed by atoms with Crippen LogP contribution in [0, 0.1) is 5.92 Å². The Morgan fingerprint density at radius 3 is 2.64 bits per heavy atom. The molecule has 0 aliphatic heterocycles. The Balaban J connectivity index is 0.000000791. The summed E-state index contributed by atoms with van der Waals surface area (Å²) < 4.78 is 9.96. The standard InChI is InChI=1S/C9H15NO2.C2H6/c1-8(2)4-3-5-11-9-6-10-12-7-9;1-2/h6-8H,3-5H2,1-2H3;1-2H3. The summed E-state index contributed by atoms with van der Waals surface area (Å²) in [6, 6.07) is 0. The first-order valence-corrected chi connectivity index (χ1v) is 5.31. The molecule has 0 aliphatic carbocycles. The molecule has 3 heteroatoms. The highest BCUT2D eigenvalue weighted by Crippen LogP contribution is 2.09. The summed E-state index contributed by atoms with van der Waals surface area (Å²) in [6.07, 6.45) is 5.37. The van der Waals surface area contributed by atoms with Crippen molar-refractivity contribution in [3.63, 3.8) is 0 Å². The minimum Gasteiger partial charge on any atom is -0.489 e. The number of rotatable bonds is 5. The molecule has 0 aromatic carbocycles. The average molecular weight is 199 g/mol. The van der Waals surface area contributed by atoms with E-state index in [1.54, 1.807) is 6.20 Å². The first-order chi connectivity index (χ1) is 6.79. The van der Waals surface area contributed by atoms with E-state index in [2.05, 4.69) is 23.5 Å². The zero-order valence-corrected chi connectivity index (χ0v) is 9.62. The molecule has 0 saturated heterocycles. The molecule has 0 amide bonds. The van der Waals surface area contributed by atoms with Crippen molar-refractivity contribution in [3.05, 3.63) is 12.5 Å². The molecular formula is C11H21NO2. The van der Waals surface area contributed by atoms with Crippen molar-refractivity contribution >= 4 is 0 Å². The smallest absolute Gasteiger partial charge is 0.178 e. The lowest BCUT2D eigenvalue weighted by molar-refractivity contribution is 0.294. The molecule has 0 saturated carbocycles. The van der Waals surface area contributed by atoms with Crippen LogP contribution < -0.4 is 4.74 Å². The number of aromatic nitrogens is 1. The van der Waals surface area contributed by atoms with Gasteiger partial charge in [0.05, 0.1) is 6.61 Å². The zero-order chi connectivity index (χ0) is 10.8. The summed E-state index contributed by atoms with van der Waals surface area (Å²) >= 11 is 0. The van der Waals surface area contributed by atoms with Crippen LogP contribution in [0.4, 0.5) is 0 Å². The lowest BCUT2D eigenvalue weighted by Gasteiger charge is -2.04. The Morgan fingerprint density at radius 2 is 2.14 bits per heavy atom. The van der Waals surface area contributed by atoms with Crippen LogP contribution in [0.1, 0.15) is 40.5 Å². The van der Waals surface area contributed by atoms with Crippen molar-refractivity contribution in [1.29, 1.82) is 0 Å². The lowest BCUT2D eigenvalue weighted by Crippen LogP contribution is -1.98. The van der Waals surface area contributed by atoms with Crippen molar-refractivity contribution in [2.45, 2.75) is 40.5 Å². The molecule has 82 valence electrons. The van der Waals surface area contributed by atoms with Crippen LogP contribution in [0.2, 0.25) is 0 Å². The monoisotopic (exact) mass is 199 g/mol. The summed E-state index contributed by atoms with van der Waals surface area (Å²) in [6.45, 7) is 9.16. The maximum absolute atomic E-state index is 5.34. The molecular weight excluding hydrogens is 178 g/mol. The van der Waals surface area contributed by atoms with Gasteiger partial charge in [-0.1, -0.05) is 32.9 Å². The fraction of sp³-hybridized carbons (Fsp3) is 0.727. The van der Waals surface area contributed by atoms with Gasteiger partial charge in [-0.25, -0.2) is 0 Å². The molecule has 0 bridgehead atoms. The topological polar surface area (TPSA) is 35.3 Å². The Labute approximate surface area is 86.4 Å². The normalized spacial score (nSPS) is 9.50. The zero-order valence-electron chi connectivity index (χ0n) is 9.62. The van der Waals surface area contributed by atoms with E-state index in [0.717, 1.165) is 24.7 Å². The van der Waals surface area contributed by atoms with Gasteiger partial charge >= 0.3 is 0 Å². The summed E-state index contributed by atoms with van der Waals surface area (Å²) in [5, 5.41) is 3.54. The van der Waals surface area contributed by atoms with Crippen molar-refractivity contribution in [3.8, 4) is 5.75 Å². The first-order valence-electron chi connectivity index (χ1n) is 5.31. The Bertz CT molecular complexity index is 195. The van der Waals surface area contributed by atoms with Gasteiger partial charge in [-0.2, -0.15) is 0 Å². The van der Waals surface area contributed by atoms with Crippen LogP contribution in [0.15, 0.2) is 17.0 Å². The molecule has 1 heterocycles. The molecule has 3 nitrogen and oxygen atoms in total. The number of hydrogen-bond donors (Lipinski definition) is 0. The highest BCUT2D eigenvalue weighted by atomic mass is 16.5. The highest BCUT2D eigenvalue weighted by molar-refractivity contribution is 5.07. The van der Waals surface area contributed by atoms with Crippen LogP contribution in [0.5, 0.6) is 5.75 Å². The van der Waals surface area contributed by atoms with Gasteiger partial charge in [0.1, 0.15) is 6.20 Å². The Hall–Kier alpha value is -0.990. The summed E-state index contributed by atoms with van der Waals surface area (Å²) in [5.41, 5.74) is 0. The minimum absolute atomic E-state index is 0.721. The summed E-state index contributed by atoms with van der Waals surface area (Å²) in [7, 11) is 0. The molecule has 0 radical (unpaired) electrons. The third kappa shape index (κ3) is 6.52. The van der Waals surface area contributed by atoms with Crippen LogP contribution in [-0.4, -0.2) is 11.8 Å². The third-order valence-electron chi connectivity index (χ3n) is 1.60. The molecule has 0 fully saturated rings. The van der Waals surface area contributed by atoms with Crippen molar-refractivity contribution in [1.82, 2.24) is 5.16 Å². The molecule has 1 aromatic heterocycles. The van der Waals surface area contributed by atoms with E-state index in [-0.39, 0.29) is 0 Å². The first kappa shape index (κ1) is 13.0. The van der Waals surface area contributed by atoms with Gasteiger partial charge in [-0.3, -0.25) is 0 Å². The lowest BCUT2D eigenvalue weighted by atomic mass is 10.1.